The van der Waals surface area contributed by atoms with Crippen molar-refractivity contribution >= 4 is 28.1 Å². The van der Waals surface area contributed by atoms with Gasteiger partial charge in [-0.1, -0.05) is 30.3 Å². The number of aryl methyl sites for hydroxylation is 1. The normalized spacial score (nSPS) is 12.1. The number of para-hydroxylation sites is 1. The van der Waals surface area contributed by atoms with Crippen LogP contribution in [0.5, 0.6) is 5.75 Å². The minimum atomic E-state index is -0.581. The molecular weight excluding hydrogens is 508 g/mol. The molecule has 6 rings (SSSR count). The van der Waals surface area contributed by atoms with Gasteiger partial charge in [0.1, 0.15) is 17.9 Å². The van der Waals surface area contributed by atoms with Crippen molar-refractivity contribution < 1.29 is 9.53 Å². The Morgan fingerprint density at radius 1 is 1.12 bits per heavy atom. The Bertz CT molecular complexity index is 1920. The van der Waals surface area contributed by atoms with E-state index in [9.17, 15) is 9.59 Å². The van der Waals surface area contributed by atoms with Gasteiger partial charge in [-0.2, -0.15) is 5.10 Å². The minimum Gasteiger partial charge on any atom is -0.488 e. The number of hydrogen-bond donors (Lipinski definition) is 2. The third-order valence-electron chi connectivity index (χ3n) is 6.64. The average Bonchev–Trinajstić information content (AvgIpc) is 3.53. The summed E-state index contributed by atoms with van der Waals surface area (Å²) in [6, 6.07) is 17.8. The molecule has 0 fully saturated rings. The lowest BCUT2D eigenvalue weighted by molar-refractivity contribution is 0.0941. The molecule has 0 radical (unpaired) electrons. The fraction of sp³-hybridized carbons (Fsp3) is 0.138. The highest BCUT2D eigenvalue weighted by molar-refractivity contribution is 6.04. The Hall–Kier alpha value is -5.45. The molecule has 1 amide bonds. The highest BCUT2D eigenvalue weighted by atomic mass is 16.5. The van der Waals surface area contributed by atoms with Crippen molar-refractivity contribution in [2.24, 2.45) is 7.05 Å². The van der Waals surface area contributed by atoms with Gasteiger partial charge in [-0.3, -0.25) is 18.8 Å². The van der Waals surface area contributed by atoms with Crippen molar-refractivity contribution in [3.63, 3.8) is 0 Å². The maximum absolute atomic E-state index is 14.1. The van der Waals surface area contributed by atoms with Crippen molar-refractivity contribution in [1.82, 2.24) is 34.3 Å². The second-order valence-electron chi connectivity index (χ2n) is 9.42. The van der Waals surface area contributed by atoms with E-state index in [4.69, 9.17) is 10.5 Å². The van der Waals surface area contributed by atoms with Crippen LogP contribution < -0.4 is 21.3 Å². The monoisotopic (exact) mass is 534 g/mol. The van der Waals surface area contributed by atoms with Gasteiger partial charge in [0, 0.05) is 42.6 Å². The largest absolute Gasteiger partial charge is 0.488 e. The van der Waals surface area contributed by atoms with Crippen LogP contribution in [-0.2, 0) is 13.7 Å². The van der Waals surface area contributed by atoms with Gasteiger partial charge in [-0.15, -0.1) is 5.10 Å². The summed E-state index contributed by atoms with van der Waals surface area (Å²) in [7, 11) is 1.84. The highest BCUT2D eigenvalue weighted by Gasteiger charge is 2.24. The molecule has 3 N–H and O–H groups in total. The molecule has 0 aliphatic rings. The van der Waals surface area contributed by atoms with E-state index in [1.54, 1.807) is 40.0 Å². The first-order valence-corrected chi connectivity index (χ1v) is 12.6. The molecule has 6 aromatic rings. The van der Waals surface area contributed by atoms with Gasteiger partial charge in [-0.05, 0) is 42.6 Å². The average molecular weight is 535 g/mol. The molecule has 1 unspecified atom stereocenters. The predicted octanol–water partition coefficient (Wildman–Crippen LogP) is 3.42. The second kappa shape index (κ2) is 10.0. The number of pyridine rings is 1. The number of hydrogen-bond acceptors (Lipinski definition) is 7. The van der Waals surface area contributed by atoms with Gasteiger partial charge >= 0.3 is 0 Å². The quantitative estimate of drug-likeness (QED) is 0.320. The van der Waals surface area contributed by atoms with Gasteiger partial charge in [-0.25, -0.2) is 9.50 Å². The maximum atomic E-state index is 14.1. The van der Waals surface area contributed by atoms with E-state index in [1.165, 1.54) is 4.52 Å². The van der Waals surface area contributed by atoms with E-state index < -0.39 is 11.9 Å². The number of ether oxygens (including phenoxy) is 1. The van der Waals surface area contributed by atoms with Crippen LogP contribution in [0.4, 0.5) is 5.82 Å². The number of carbonyl (C=O) groups excluding carboxylic acids is 1. The minimum absolute atomic E-state index is 0.0674. The number of amides is 1. The summed E-state index contributed by atoms with van der Waals surface area (Å²) in [6.07, 6.45) is 6.83. The molecular formula is C29H26N8O3. The van der Waals surface area contributed by atoms with Gasteiger partial charge in [0.15, 0.2) is 11.5 Å². The van der Waals surface area contributed by atoms with Crippen LogP contribution in [0.1, 0.15) is 34.6 Å². The Balaban J connectivity index is 1.43. The van der Waals surface area contributed by atoms with Crippen molar-refractivity contribution in [2.45, 2.75) is 19.6 Å². The zero-order valence-corrected chi connectivity index (χ0v) is 21.9. The van der Waals surface area contributed by atoms with Crippen molar-refractivity contribution in [3.05, 3.63) is 113 Å². The van der Waals surface area contributed by atoms with Crippen LogP contribution in [0.2, 0.25) is 0 Å². The first-order valence-electron chi connectivity index (χ1n) is 12.6. The lowest BCUT2D eigenvalue weighted by Crippen LogP contribution is -2.32. The van der Waals surface area contributed by atoms with Crippen molar-refractivity contribution in [2.75, 3.05) is 5.73 Å². The van der Waals surface area contributed by atoms with Gasteiger partial charge < -0.3 is 15.8 Å². The number of fused-ring (bicyclic) bond motifs is 2. The van der Waals surface area contributed by atoms with E-state index in [2.05, 4.69) is 20.5 Å². The molecule has 0 aliphatic carbocycles. The molecule has 0 bridgehead atoms. The number of carbonyl (C=O) groups is 1. The molecule has 0 spiro atoms. The summed E-state index contributed by atoms with van der Waals surface area (Å²) >= 11 is 0. The number of nitrogens with two attached hydrogens (primary N) is 1. The molecule has 11 nitrogen and oxygen atoms in total. The zero-order chi connectivity index (χ0) is 27.8. The van der Waals surface area contributed by atoms with Gasteiger partial charge in [0.2, 0.25) is 0 Å². The van der Waals surface area contributed by atoms with Crippen LogP contribution in [0.15, 0.2) is 90.2 Å². The first-order chi connectivity index (χ1) is 19.4. The third kappa shape index (κ3) is 4.43. The Morgan fingerprint density at radius 2 is 1.95 bits per heavy atom. The van der Waals surface area contributed by atoms with Crippen molar-refractivity contribution in [1.29, 1.82) is 0 Å². The van der Waals surface area contributed by atoms with Gasteiger partial charge in [0.25, 0.3) is 11.5 Å². The molecule has 200 valence electrons. The van der Waals surface area contributed by atoms with Crippen LogP contribution in [-0.4, -0.2) is 34.9 Å². The zero-order valence-electron chi connectivity index (χ0n) is 21.9. The van der Waals surface area contributed by atoms with Crippen LogP contribution in [0, 0.1) is 0 Å². The summed E-state index contributed by atoms with van der Waals surface area (Å²) < 4.78 is 10.8. The topological polar surface area (TPSA) is 134 Å². The SMILES string of the molecule is CC(NC(=O)c1c(N)nn2cccnc12)c1cc2cccc(OCc3cnn(C)c3)c2c(=O)n1-c1ccccc1. The predicted molar refractivity (Wildman–Crippen MR) is 150 cm³/mol. The van der Waals surface area contributed by atoms with E-state index in [1.807, 2.05) is 68.7 Å². The summed E-state index contributed by atoms with van der Waals surface area (Å²) in [6.45, 7) is 2.08. The Labute approximate surface area is 228 Å². The highest BCUT2D eigenvalue weighted by Crippen LogP contribution is 2.28. The molecule has 0 aliphatic heterocycles. The molecule has 4 aromatic heterocycles. The van der Waals surface area contributed by atoms with Crippen LogP contribution in [0.25, 0.3) is 22.1 Å². The summed E-state index contributed by atoms with van der Waals surface area (Å²) in [4.78, 5) is 31.8. The number of benzene rings is 2. The summed E-state index contributed by atoms with van der Waals surface area (Å²) in [5.41, 5.74) is 8.46. The lowest BCUT2D eigenvalue weighted by atomic mass is 10.1. The number of anilines is 1. The number of nitrogens with one attached hydrogen (secondary N) is 1. The summed E-state index contributed by atoms with van der Waals surface area (Å²) in [5.74, 6) is 0.0849. The Morgan fingerprint density at radius 3 is 2.73 bits per heavy atom. The third-order valence-corrected chi connectivity index (χ3v) is 6.64. The number of nitrogens with zero attached hydrogens (tertiary/aromatic N) is 6. The van der Waals surface area contributed by atoms with Crippen molar-refractivity contribution in [3.8, 4) is 11.4 Å². The van der Waals surface area contributed by atoms with Gasteiger partial charge in [0.05, 0.1) is 17.6 Å². The van der Waals surface area contributed by atoms with E-state index in [-0.39, 0.29) is 23.5 Å². The second-order valence-corrected chi connectivity index (χ2v) is 9.42. The first kappa shape index (κ1) is 24.9. The maximum Gasteiger partial charge on any atom is 0.267 e. The fourth-order valence-electron chi connectivity index (χ4n) is 4.80. The van der Waals surface area contributed by atoms with E-state index >= 15 is 0 Å². The molecule has 1 atom stereocenters. The summed E-state index contributed by atoms with van der Waals surface area (Å²) in [5, 5.41) is 12.5. The number of nitrogen functional groups attached to an aromatic ring is 1. The molecule has 0 saturated carbocycles. The molecule has 2 aromatic carbocycles. The standard InChI is InChI=1S/C29H26N8O3/c1-18(33-28(38)25-26(30)34-36-13-7-12-31-27(25)36)22-14-20-8-6-11-23(40-17-19-15-32-35(2)16-19)24(20)29(39)37(22)21-9-4-3-5-10-21/h3-16,18H,17H2,1-2H3,(H2,30,34)(H,33,38). The van der Waals surface area contributed by atoms with E-state index in [0.29, 0.717) is 33.6 Å². The van der Waals surface area contributed by atoms with E-state index in [0.717, 1.165) is 5.56 Å². The number of rotatable bonds is 7. The molecule has 0 saturated heterocycles. The molecule has 4 heterocycles. The van der Waals surface area contributed by atoms with Crippen LogP contribution >= 0.6 is 0 Å². The number of aromatic nitrogens is 6. The molecule has 11 heteroatoms. The smallest absolute Gasteiger partial charge is 0.267 e. The Kier molecular flexibility index (Phi) is 6.23. The lowest BCUT2D eigenvalue weighted by Gasteiger charge is -2.21. The van der Waals surface area contributed by atoms with Crippen LogP contribution in [0.3, 0.4) is 0 Å². The molecule has 40 heavy (non-hydrogen) atoms. The fourth-order valence-corrected chi connectivity index (χ4v) is 4.80.